The number of nitrogens with one attached hydrogen (secondary N) is 1. The van der Waals surface area contributed by atoms with Gasteiger partial charge in [-0.25, -0.2) is 0 Å². The Balaban J connectivity index is 0.00000338. The van der Waals surface area contributed by atoms with Crippen molar-refractivity contribution in [3.63, 3.8) is 0 Å². The van der Waals surface area contributed by atoms with E-state index in [4.69, 9.17) is 9.47 Å². The highest BCUT2D eigenvalue weighted by Crippen LogP contribution is 2.24. The van der Waals surface area contributed by atoms with Gasteiger partial charge >= 0.3 is 5.97 Å². The van der Waals surface area contributed by atoms with Crippen LogP contribution >= 0.6 is 24.0 Å². The van der Waals surface area contributed by atoms with Crippen LogP contribution in [0, 0.1) is 18.8 Å². The Morgan fingerprint density at radius 3 is 2.69 bits per heavy atom. The van der Waals surface area contributed by atoms with E-state index in [0.717, 1.165) is 23.8 Å². The number of likely N-dealkylation sites (tertiary alicyclic amines) is 1. The zero-order valence-corrected chi connectivity index (χ0v) is 18.5. The molecule has 146 valence electrons. The summed E-state index contributed by atoms with van der Waals surface area (Å²) in [5.74, 6) is 1.67. The molecule has 0 radical (unpaired) electrons. The van der Waals surface area contributed by atoms with Gasteiger partial charge < -0.3 is 19.7 Å². The first-order valence-corrected chi connectivity index (χ1v) is 8.72. The highest BCUT2D eigenvalue weighted by atomic mass is 127. The van der Waals surface area contributed by atoms with Gasteiger partial charge in [0.2, 0.25) is 0 Å². The first kappa shape index (κ1) is 22.5. The molecule has 26 heavy (non-hydrogen) atoms. The SMILES string of the molecule is CN=C(NCC(C)Oc1ccccc1C)N1CC(C)C(C(=O)OC)C1.I. The lowest BCUT2D eigenvalue weighted by Crippen LogP contribution is -2.44. The first-order valence-electron chi connectivity index (χ1n) is 8.72. The molecule has 1 fully saturated rings. The standard InChI is InChI=1S/C19H29N3O3.HI/c1-13-8-6-7-9-17(13)25-15(3)10-21-19(20-4)22-11-14(2)16(12-22)18(23)24-5;/h6-9,14-16H,10-12H2,1-5H3,(H,20,21);1H. The number of nitrogens with zero attached hydrogens (tertiary/aromatic N) is 2. The van der Waals surface area contributed by atoms with E-state index in [2.05, 4.69) is 22.1 Å². The minimum absolute atomic E-state index is 0. The fourth-order valence-corrected chi connectivity index (χ4v) is 3.11. The summed E-state index contributed by atoms with van der Waals surface area (Å²) in [5.41, 5.74) is 1.12. The van der Waals surface area contributed by atoms with E-state index in [-0.39, 0.29) is 47.9 Å². The smallest absolute Gasteiger partial charge is 0.310 e. The van der Waals surface area contributed by atoms with Gasteiger partial charge in [0.25, 0.3) is 0 Å². The zero-order valence-electron chi connectivity index (χ0n) is 16.2. The van der Waals surface area contributed by atoms with Gasteiger partial charge in [-0.2, -0.15) is 0 Å². The van der Waals surface area contributed by atoms with Gasteiger partial charge in [-0.3, -0.25) is 9.79 Å². The third-order valence-electron chi connectivity index (χ3n) is 4.60. The Kier molecular flexibility index (Phi) is 9.18. The van der Waals surface area contributed by atoms with Crippen molar-refractivity contribution in [1.82, 2.24) is 10.2 Å². The Morgan fingerprint density at radius 2 is 2.08 bits per heavy atom. The third-order valence-corrected chi connectivity index (χ3v) is 4.60. The van der Waals surface area contributed by atoms with E-state index in [1.807, 2.05) is 38.1 Å². The summed E-state index contributed by atoms with van der Waals surface area (Å²) in [6, 6.07) is 7.98. The number of methoxy groups -OCH3 is 1. The molecule has 0 amide bonds. The number of para-hydroxylation sites is 1. The van der Waals surface area contributed by atoms with Crippen molar-refractivity contribution in [2.24, 2.45) is 16.8 Å². The summed E-state index contributed by atoms with van der Waals surface area (Å²) in [6.07, 6.45) is -0.00530. The van der Waals surface area contributed by atoms with Crippen molar-refractivity contribution in [1.29, 1.82) is 0 Å². The van der Waals surface area contributed by atoms with Gasteiger partial charge in [-0.1, -0.05) is 25.1 Å². The van der Waals surface area contributed by atoms with Crippen LogP contribution in [-0.2, 0) is 9.53 Å². The van der Waals surface area contributed by atoms with Crippen LogP contribution < -0.4 is 10.1 Å². The summed E-state index contributed by atoms with van der Waals surface area (Å²) in [4.78, 5) is 18.3. The molecule has 1 saturated heterocycles. The maximum absolute atomic E-state index is 11.9. The number of benzene rings is 1. The van der Waals surface area contributed by atoms with E-state index in [1.165, 1.54) is 7.11 Å². The van der Waals surface area contributed by atoms with Crippen LogP contribution in [0.25, 0.3) is 0 Å². The van der Waals surface area contributed by atoms with E-state index < -0.39 is 0 Å². The number of carbonyl (C=O) groups excluding carboxylic acids is 1. The molecule has 0 saturated carbocycles. The fourth-order valence-electron chi connectivity index (χ4n) is 3.11. The minimum Gasteiger partial charge on any atom is -0.489 e. The molecule has 3 atom stereocenters. The normalized spacial score (nSPS) is 21.0. The molecular weight excluding hydrogens is 445 g/mol. The highest BCUT2D eigenvalue weighted by molar-refractivity contribution is 14.0. The molecule has 1 heterocycles. The van der Waals surface area contributed by atoms with Crippen LogP contribution in [0.1, 0.15) is 19.4 Å². The average Bonchev–Trinajstić information content (AvgIpc) is 2.98. The number of ether oxygens (including phenoxy) is 2. The van der Waals surface area contributed by atoms with Crippen LogP contribution in [0.2, 0.25) is 0 Å². The molecule has 1 aliphatic heterocycles. The summed E-state index contributed by atoms with van der Waals surface area (Å²) < 4.78 is 10.9. The topological polar surface area (TPSA) is 63.2 Å². The minimum atomic E-state index is -0.151. The van der Waals surface area contributed by atoms with Crippen LogP contribution in [0.5, 0.6) is 5.75 Å². The Labute approximate surface area is 173 Å². The van der Waals surface area contributed by atoms with Crippen LogP contribution in [0.4, 0.5) is 0 Å². The molecule has 3 unspecified atom stereocenters. The molecule has 1 aliphatic rings. The van der Waals surface area contributed by atoms with E-state index in [1.54, 1.807) is 7.05 Å². The second-order valence-corrected chi connectivity index (χ2v) is 6.63. The molecule has 0 spiro atoms. The Hall–Kier alpha value is -1.51. The van der Waals surface area contributed by atoms with Crippen molar-refractivity contribution in [2.45, 2.75) is 26.9 Å². The number of aliphatic imine (C=N–C) groups is 1. The van der Waals surface area contributed by atoms with Gasteiger partial charge in [0.15, 0.2) is 5.96 Å². The maximum atomic E-state index is 11.9. The quantitative estimate of drug-likeness (QED) is 0.307. The number of esters is 1. The fraction of sp³-hybridized carbons (Fsp3) is 0.579. The van der Waals surface area contributed by atoms with Crippen LogP contribution in [0.3, 0.4) is 0 Å². The lowest BCUT2D eigenvalue weighted by Gasteiger charge is -2.24. The largest absolute Gasteiger partial charge is 0.489 e. The maximum Gasteiger partial charge on any atom is 0.310 e. The van der Waals surface area contributed by atoms with E-state index >= 15 is 0 Å². The molecule has 1 N–H and O–H groups in total. The molecule has 0 aromatic heterocycles. The average molecular weight is 475 g/mol. The lowest BCUT2D eigenvalue weighted by atomic mass is 9.99. The number of hydrogen-bond acceptors (Lipinski definition) is 4. The van der Waals surface area contributed by atoms with Crippen LogP contribution in [0.15, 0.2) is 29.3 Å². The molecule has 0 aliphatic carbocycles. The molecule has 0 bridgehead atoms. The number of aryl methyl sites for hydroxylation is 1. The van der Waals surface area contributed by atoms with Gasteiger partial charge in [-0.05, 0) is 31.4 Å². The lowest BCUT2D eigenvalue weighted by molar-refractivity contribution is -0.145. The summed E-state index contributed by atoms with van der Waals surface area (Å²) >= 11 is 0. The van der Waals surface area contributed by atoms with Gasteiger partial charge in [-0.15, -0.1) is 24.0 Å². The first-order chi connectivity index (χ1) is 12.0. The van der Waals surface area contributed by atoms with E-state index in [9.17, 15) is 4.79 Å². The molecule has 6 nitrogen and oxygen atoms in total. The zero-order chi connectivity index (χ0) is 18.4. The Morgan fingerprint density at radius 1 is 1.38 bits per heavy atom. The molecule has 1 aromatic rings. The number of hydrogen-bond donors (Lipinski definition) is 1. The second kappa shape index (κ2) is 10.6. The molecule has 2 rings (SSSR count). The number of carbonyl (C=O) groups is 1. The van der Waals surface area contributed by atoms with E-state index in [0.29, 0.717) is 13.1 Å². The molecule has 1 aromatic carbocycles. The van der Waals surface area contributed by atoms with Gasteiger partial charge in [0, 0.05) is 20.1 Å². The van der Waals surface area contributed by atoms with Crippen LogP contribution in [-0.4, -0.2) is 56.7 Å². The van der Waals surface area contributed by atoms with Gasteiger partial charge in [0.05, 0.1) is 19.6 Å². The molecular formula is C19H30IN3O3. The molecule has 7 heteroatoms. The predicted molar refractivity (Wildman–Crippen MR) is 114 cm³/mol. The van der Waals surface area contributed by atoms with Gasteiger partial charge in [0.1, 0.15) is 11.9 Å². The monoisotopic (exact) mass is 475 g/mol. The third kappa shape index (κ3) is 5.75. The number of guanidine groups is 1. The van der Waals surface area contributed by atoms with Crippen molar-refractivity contribution < 1.29 is 14.3 Å². The summed E-state index contributed by atoms with van der Waals surface area (Å²) in [7, 11) is 3.20. The number of rotatable bonds is 5. The van der Waals surface area contributed by atoms with Crippen molar-refractivity contribution in [2.75, 3.05) is 33.8 Å². The summed E-state index contributed by atoms with van der Waals surface area (Å²) in [5, 5.41) is 3.35. The van der Waals surface area contributed by atoms with Crippen molar-refractivity contribution in [3.05, 3.63) is 29.8 Å². The summed E-state index contributed by atoms with van der Waals surface area (Å²) in [6.45, 7) is 8.17. The van der Waals surface area contributed by atoms with Crippen molar-refractivity contribution in [3.8, 4) is 5.75 Å². The predicted octanol–water partition coefficient (Wildman–Crippen LogP) is 2.70. The number of halogens is 1. The Bertz CT molecular complexity index is 624. The van der Waals surface area contributed by atoms with Crippen molar-refractivity contribution >= 4 is 35.9 Å². The second-order valence-electron chi connectivity index (χ2n) is 6.63. The highest BCUT2D eigenvalue weighted by Gasteiger charge is 2.36.